The highest BCUT2D eigenvalue weighted by atomic mass is 15.4. The van der Waals surface area contributed by atoms with Crippen LogP contribution in [0.2, 0.25) is 0 Å². The summed E-state index contributed by atoms with van der Waals surface area (Å²) in [4.78, 5) is 6.61. The van der Waals surface area contributed by atoms with Crippen molar-refractivity contribution in [3.63, 3.8) is 0 Å². The lowest BCUT2D eigenvalue weighted by atomic mass is 10.0. The van der Waals surface area contributed by atoms with E-state index < -0.39 is 0 Å². The minimum Gasteiger partial charge on any atom is -0.359 e. The van der Waals surface area contributed by atoms with Crippen LogP contribution in [0.15, 0.2) is 49.2 Å². The molecule has 0 amide bonds. The van der Waals surface area contributed by atoms with E-state index in [0.717, 1.165) is 12.2 Å². The summed E-state index contributed by atoms with van der Waals surface area (Å²) in [6.07, 6.45) is 9.78. The Labute approximate surface area is 141 Å². The van der Waals surface area contributed by atoms with Crippen LogP contribution in [0.4, 0.5) is 5.69 Å². The predicted molar refractivity (Wildman–Crippen MR) is 99.9 cm³/mol. The lowest BCUT2D eigenvalue weighted by Gasteiger charge is -2.35. The van der Waals surface area contributed by atoms with Gasteiger partial charge in [-0.3, -0.25) is 0 Å². The standard InChI is InChI=1S/C20H29N3/c1-8-9-10-23(19(6)22-12-11-21(7)18(22)5)20-16(3)13-15(2)14-17(20)4/h9-14,18H,6,8H2,1-5,7H3/b10-9-/t18-/m0/s1. The molecule has 1 atom stereocenters. The number of allylic oxidation sites excluding steroid dienone is 1. The SMILES string of the molecule is C=C(N(/C=C\CC)c1c(C)cc(C)cc1C)N1C=CN(C)[C@@H]1C. The van der Waals surface area contributed by atoms with Crippen LogP contribution in [0.25, 0.3) is 0 Å². The van der Waals surface area contributed by atoms with E-state index in [4.69, 9.17) is 0 Å². The van der Waals surface area contributed by atoms with Crippen molar-refractivity contribution < 1.29 is 0 Å². The van der Waals surface area contributed by atoms with E-state index in [2.05, 4.69) is 99.8 Å². The Balaban J connectivity index is 2.44. The maximum absolute atomic E-state index is 4.38. The Kier molecular flexibility index (Phi) is 5.19. The molecule has 124 valence electrons. The van der Waals surface area contributed by atoms with Gasteiger partial charge in [0.05, 0.1) is 5.69 Å². The average molecular weight is 311 g/mol. The molecule has 0 radical (unpaired) electrons. The Morgan fingerprint density at radius 1 is 1.22 bits per heavy atom. The van der Waals surface area contributed by atoms with Crippen LogP contribution >= 0.6 is 0 Å². The Morgan fingerprint density at radius 3 is 2.30 bits per heavy atom. The molecule has 2 rings (SSSR count). The number of anilines is 1. The molecule has 0 unspecified atom stereocenters. The third-order valence-corrected chi connectivity index (χ3v) is 4.40. The number of nitrogens with zero attached hydrogens (tertiary/aromatic N) is 3. The first-order valence-electron chi connectivity index (χ1n) is 8.28. The average Bonchev–Trinajstić information content (AvgIpc) is 2.81. The monoisotopic (exact) mass is 311 g/mol. The molecule has 0 aliphatic carbocycles. The van der Waals surface area contributed by atoms with Crippen LogP contribution < -0.4 is 4.90 Å². The summed E-state index contributed by atoms with van der Waals surface area (Å²) in [5.41, 5.74) is 5.06. The van der Waals surface area contributed by atoms with E-state index in [9.17, 15) is 0 Å². The zero-order valence-corrected chi connectivity index (χ0v) is 15.3. The number of rotatable bonds is 5. The van der Waals surface area contributed by atoms with E-state index in [-0.39, 0.29) is 6.17 Å². The van der Waals surface area contributed by atoms with Gasteiger partial charge in [-0.1, -0.05) is 37.3 Å². The summed E-state index contributed by atoms with van der Waals surface area (Å²) >= 11 is 0. The minimum atomic E-state index is 0.270. The van der Waals surface area contributed by atoms with Gasteiger partial charge in [0.2, 0.25) is 0 Å². The van der Waals surface area contributed by atoms with E-state index in [1.54, 1.807) is 0 Å². The normalized spacial score (nSPS) is 17.4. The highest BCUT2D eigenvalue weighted by Gasteiger charge is 2.25. The first kappa shape index (κ1) is 17.2. The van der Waals surface area contributed by atoms with Crippen molar-refractivity contribution in [3.8, 4) is 0 Å². The molecule has 1 aromatic rings. The number of benzene rings is 1. The number of hydrogen-bond donors (Lipinski definition) is 0. The first-order chi connectivity index (χ1) is 10.9. The molecule has 3 heteroatoms. The highest BCUT2D eigenvalue weighted by molar-refractivity contribution is 5.65. The fraction of sp³-hybridized carbons (Fsp3) is 0.400. The zero-order chi connectivity index (χ0) is 17.1. The van der Waals surface area contributed by atoms with Crippen molar-refractivity contribution in [1.29, 1.82) is 0 Å². The summed E-state index contributed by atoms with van der Waals surface area (Å²) in [5, 5.41) is 0. The molecular weight excluding hydrogens is 282 g/mol. The molecule has 0 bridgehead atoms. The van der Waals surface area contributed by atoms with Gasteiger partial charge in [-0.05, 0) is 45.2 Å². The van der Waals surface area contributed by atoms with Crippen LogP contribution in [0.5, 0.6) is 0 Å². The molecule has 3 nitrogen and oxygen atoms in total. The summed E-state index contributed by atoms with van der Waals surface area (Å²) < 4.78 is 0. The van der Waals surface area contributed by atoms with Gasteiger partial charge in [-0.2, -0.15) is 0 Å². The van der Waals surface area contributed by atoms with Crippen molar-refractivity contribution in [3.05, 3.63) is 65.9 Å². The summed E-state index contributed by atoms with van der Waals surface area (Å²) in [6, 6.07) is 4.47. The second-order valence-electron chi connectivity index (χ2n) is 6.33. The Morgan fingerprint density at radius 2 is 1.83 bits per heavy atom. The lowest BCUT2D eigenvalue weighted by molar-refractivity contribution is 0.231. The fourth-order valence-electron chi connectivity index (χ4n) is 3.10. The lowest BCUT2D eigenvalue weighted by Crippen LogP contribution is -2.38. The van der Waals surface area contributed by atoms with Gasteiger partial charge in [-0.15, -0.1) is 0 Å². The minimum absolute atomic E-state index is 0.270. The maximum Gasteiger partial charge on any atom is 0.111 e. The van der Waals surface area contributed by atoms with E-state index in [1.165, 1.54) is 22.4 Å². The molecule has 1 aromatic carbocycles. The third kappa shape index (κ3) is 3.44. The second kappa shape index (κ2) is 6.95. The molecule has 0 aromatic heterocycles. The molecule has 0 saturated heterocycles. The zero-order valence-electron chi connectivity index (χ0n) is 15.3. The van der Waals surface area contributed by atoms with Gasteiger partial charge in [-0.25, -0.2) is 0 Å². The van der Waals surface area contributed by atoms with Crippen LogP contribution in [-0.2, 0) is 0 Å². The van der Waals surface area contributed by atoms with Crippen molar-refractivity contribution in [1.82, 2.24) is 9.80 Å². The molecule has 0 fully saturated rings. The fourth-order valence-corrected chi connectivity index (χ4v) is 3.10. The highest BCUT2D eigenvalue weighted by Crippen LogP contribution is 2.32. The second-order valence-corrected chi connectivity index (χ2v) is 6.33. The van der Waals surface area contributed by atoms with Crippen molar-refractivity contribution in [2.45, 2.75) is 47.2 Å². The quantitative estimate of drug-likeness (QED) is 0.767. The first-order valence-corrected chi connectivity index (χ1v) is 8.28. The van der Waals surface area contributed by atoms with Gasteiger partial charge in [0.25, 0.3) is 0 Å². The summed E-state index contributed by atoms with van der Waals surface area (Å²) in [5.74, 6) is 0.970. The molecule has 0 spiro atoms. The Hall–Kier alpha value is -2.16. The van der Waals surface area contributed by atoms with E-state index in [0.29, 0.717) is 0 Å². The van der Waals surface area contributed by atoms with Gasteiger partial charge in [0, 0.05) is 25.6 Å². The molecular formula is C20H29N3. The summed E-state index contributed by atoms with van der Waals surface area (Å²) in [7, 11) is 2.09. The van der Waals surface area contributed by atoms with Crippen molar-refractivity contribution in [2.24, 2.45) is 0 Å². The number of hydrogen-bond acceptors (Lipinski definition) is 3. The number of aryl methyl sites for hydroxylation is 3. The van der Waals surface area contributed by atoms with Crippen molar-refractivity contribution in [2.75, 3.05) is 11.9 Å². The summed E-state index contributed by atoms with van der Waals surface area (Å²) in [6.45, 7) is 15.2. The van der Waals surface area contributed by atoms with Crippen LogP contribution in [0.3, 0.4) is 0 Å². The Bertz CT molecular complexity index is 619. The van der Waals surface area contributed by atoms with Gasteiger partial charge >= 0.3 is 0 Å². The molecule has 1 aliphatic heterocycles. The molecule has 1 aliphatic rings. The molecule has 1 heterocycles. The van der Waals surface area contributed by atoms with E-state index >= 15 is 0 Å². The molecule has 23 heavy (non-hydrogen) atoms. The van der Waals surface area contributed by atoms with Gasteiger partial charge < -0.3 is 14.7 Å². The van der Waals surface area contributed by atoms with Crippen LogP contribution in [-0.4, -0.2) is 23.0 Å². The van der Waals surface area contributed by atoms with Crippen LogP contribution in [0.1, 0.15) is 37.0 Å². The smallest absolute Gasteiger partial charge is 0.111 e. The largest absolute Gasteiger partial charge is 0.359 e. The molecule has 0 N–H and O–H groups in total. The molecule has 0 saturated carbocycles. The van der Waals surface area contributed by atoms with Crippen molar-refractivity contribution >= 4 is 5.69 Å². The van der Waals surface area contributed by atoms with E-state index in [1.807, 2.05) is 0 Å². The predicted octanol–water partition coefficient (Wildman–Crippen LogP) is 4.88. The van der Waals surface area contributed by atoms with Gasteiger partial charge in [0.15, 0.2) is 0 Å². The maximum atomic E-state index is 4.38. The van der Waals surface area contributed by atoms with Crippen LogP contribution in [0, 0.1) is 20.8 Å². The third-order valence-electron chi connectivity index (χ3n) is 4.40. The topological polar surface area (TPSA) is 9.72 Å². The van der Waals surface area contributed by atoms with Gasteiger partial charge in [0.1, 0.15) is 12.0 Å².